The van der Waals surface area contributed by atoms with E-state index in [1.807, 2.05) is 76.2 Å². The van der Waals surface area contributed by atoms with E-state index in [1.54, 1.807) is 0 Å². The fraction of sp³-hybridized carbons (Fsp3) is 0.318. The van der Waals surface area contributed by atoms with E-state index in [2.05, 4.69) is 11.6 Å². The highest BCUT2D eigenvalue weighted by Gasteiger charge is 2.41. The molecule has 130 valence electrons. The van der Waals surface area contributed by atoms with Crippen molar-refractivity contribution < 1.29 is 9.84 Å². The van der Waals surface area contributed by atoms with Crippen LogP contribution in [0.25, 0.3) is 0 Å². The molecule has 2 aromatic carbocycles. The summed E-state index contributed by atoms with van der Waals surface area (Å²) in [6.45, 7) is 12.7. The molecule has 0 amide bonds. The molecule has 0 saturated heterocycles. The van der Waals surface area contributed by atoms with E-state index in [4.69, 9.17) is 4.74 Å². The fourth-order valence-electron chi connectivity index (χ4n) is 3.00. The van der Waals surface area contributed by atoms with Gasteiger partial charge in [0.05, 0.1) is 5.54 Å². The highest BCUT2D eigenvalue weighted by molar-refractivity contribution is 5.97. The van der Waals surface area contributed by atoms with Gasteiger partial charge in [0, 0.05) is 5.57 Å². The van der Waals surface area contributed by atoms with E-state index in [-0.39, 0.29) is 5.54 Å². The normalized spacial score (nSPS) is 16.3. The highest BCUT2D eigenvalue weighted by Crippen LogP contribution is 2.38. The first kappa shape index (κ1) is 17.4. The van der Waals surface area contributed by atoms with Crippen molar-refractivity contribution in [1.82, 2.24) is 0 Å². The Bertz CT molecular complexity index is 769. The summed E-state index contributed by atoms with van der Waals surface area (Å²) >= 11 is 0. The van der Waals surface area contributed by atoms with Crippen LogP contribution in [0, 0.1) is 13.8 Å². The summed E-state index contributed by atoms with van der Waals surface area (Å²) in [5.41, 5.74) is 2.55. The van der Waals surface area contributed by atoms with Gasteiger partial charge in [-0.15, -0.1) is 0 Å². The Kier molecular flexibility index (Phi) is 4.29. The van der Waals surface area contributed by atoms with E-state index in [1.165, 1.54) is 0 Å². The van der Waals surface area contributed by atoms with Crippen LogP contribution in [-0.4, -0.2) is 23.2 Å². The first-order chi connectivity index (χ1) is 11.7. The second-order valence-electron chi connectivity index (χ2n) is 7.44. The molecule has 3 nitrogen and oxygen atoms in total. The Balaban J connectivity index is 2.13. The molecule has 1 aliphatic rings. The van der Waals surface area contributed by atoms with Crippen molar-refractivity contribution in [2.45, 2.75) is 38.8 Å². The predicted octanol–water partition coefficient (Wildman–Crippen LogP) is 4.30. The van der Waals surface area contributed by atoms with Gasteiger partial charge in [0.25, 0.3) is 0 Å². The lowest BCUT2D eigenvalue weighted by Crippen LogP contribution is -2.33. The van der Waals surface area contributed by atoms with Gasteiger partial charge in [-0.1, -0.05) is 66.2 Å². The monoisotopic (exact) mass is 335 g/mol. The molecule has 25 heavy (non-hydrogen) atoms. The molecule has 1 aliphatic heterocycles. The summed E-state index contributed by atoms with van der Waals surface area (Å²) in [7, 11) is 0. The maximum Gasteiger partial charge on any atom is 0.215 e. The number of ether oxygens (including phenoxy) is 1. The Morgan fingerprint density at radius 2 is 1.44 bits per heavy atom. The summed E-state index contributed by atoms with van der Waals surface area (Å²) < 4.78 is 5.76. The van der Waals surface area contributed by atoms with Crippen LogP contribution >= 0.6 is 0 Å². The summed E-state index contributed by atoms with van der Waals surface area (Å²) in [4.78, 5) is 4.61. The van der Waals surface area contributed by atoms with E-state index < -0.39 is 5.60 Å². The smallest absolute Gasteiger partial charge is 0.215 e. The van der Waals surface area contributed by atoms with Crippen LogP contribution in [0.4, 0.5) is 0 Å². The molecule has 2 aromatic rings. The molecule has 1 heterocycles. The number of aryl methyl sites for hydroxylation is 2. The quantitative estimate of drug-likeness (QED) is 0.905. The number of nitrogens with zero attached hydrogens (tertiary/aromatic N) is 1. The van der Waals surface area contributed by atoms with Crippen LogP contribution in [0.3, 0.4) is 0 Å². The second-order valence-corrected chi connectivity index (χ2v) is 7.44. The van der Waals surface area contributed by atoms with Gasteiger partial charge >= 0.3 is 0 Å². The molecular formula is C22H25NO2. The van der Waals surface area contributed by atoms with Crippen molar-refractivity contribution in [3.8, 4) is 0 Å². The molecule has 3 rings (SSSR count). The Morgan fingerprint density at radius 3 is 1.80 bits per heavy atom. The second kappa shape index (κ2) is 6.16. The number of rotatable bonds is 4. The average molecular weight is 335 g/mol. The third-order valence-corrected chi connectivity index (χ3v) is 4.60. The third-order valence-electron chi connectivity index (χ3n) is 4.60. The van der Waals surface area contributed by atoms with Crippen LogP contribution < -0.4 is 0 Å². The van der Waals surface area contributed by atoms with Crippen molar-refractivity contribution in [2.24, 2.45) is 4.99 Å². The lowest BCUT2D eigenvalue weighted by Gasteiger charge is -2.31. The van der Waals surface area contributed by atoms with E-state index >= 15 is 0 Å². The number of aliphatic hydroxyl groups is 1. The number of hydrogen-bond acceptors (Lipinski definition) is 3. The SMILES string of the molecule is C=C(C1=NC(C)(C)CO1)C(O)(c1ccc(C)cc1)c1ccc(C)cc1. The Hall–Kier alpha value is -2.39. The molecule has 0 radical (unpaired) electrons. The van der Waals surface area contributed by atoms with Gasteiger partial charge in [-0.2, -0.15) is 0 Å². The summed E-state index contributed by atoms with van der Waals surface area (Å²) in [6, 6.07) is 15.7. The van der Waals surface area contributed by atoms with Gasteiger partial charge in [0.15, 0.2) is 0 Å². The number of hydrogen-bond donors (Lipinski definition) is 1. The topological polar surface area (TPSA) is 41.8 Å². The zero-order valence-corrected chi connectivity index (χ0v) is 15.3. The number of benzene rings is 2. The zero-order valence-electron chi connectivity index (χ0n) is 15.3. The Labute approximate surface area is 149 Å². The summed E-state index contributed by atoms with van der Waals surface area (Å²) in [6.07, 6.45) is 0. The minimum Gasteiger partial charge on any atom is -0.475 e. The largest absolute Gasteiger partial charge is 0.475 e. The zero-order chi connectivity index (χ0) is 18.2. The standard InChI is InChI=1S/C22H25NO2/c1-15-6-10-18(11-7-15)22(24,19-12-8-16(2)9-13-19)17(3)20-23-21(4,5)14-25-20/h6-13,24H,3,14H2,1-2,4-5H3. The molecule has 0 fully saturated rings. The van der Waals surface area contributed by atoms with Gasteiger partial charge in [-0.05, 0) is 38.8 Å². The van der Waals surface area contributed by atoms with Gasteiger partial charge in [-0.3, -0.25) is 0 Å². The first-order valence-electron chi connectivity index (χ1n) is 8.51. The minimum atomic E-state index is -1.39. The van der Waals surface area contributed by atoms with Crippen molar-refractivity contribution in [3.63, 3.8) is 0 Å². The fourth-order valence-corrected chi connectivity index (χ4v) is 3.00. The molecule has 3 heteroatoms. The Morgan fingerprint density at radius 1 is 1.00 bits per heavy atom. The van der Waals surface area contributed by atoms with Crippen LogP contribution in [-0.2, 0) is 10.3 Å². The molecule has 0 spiro atoms. The molecule has 1 N–H and O–H groups in total. The van der Waals surface area contributed by atoms with Crippen molar-refractivity contribution >= 4 is 5.90 Å². The van der Waals surface area contributed by atoms with E-state index in [9.17, 15) is 5.11 Å². The highest BCUT2D eigenvalue weighted by atomic mass is 16.5. The number of aliphatic imine (C=N–C) groups is 1. The molecule has 0 bridgehead atoms. The van der Waals surface area contributed by atoms with E-state index in [0.717, 1.165) is 22.3 Å². The van der Waals surface area contributed by atoms with Crippen molar-refractivity contribution in [2.75, 3.05) is 6.61 Å². The lowest BCUT2D eigenvalue weighted by molar-refractivity contribution is 0.124. The predicted molar refractivity (Wildman–Crippen MR) is 102 cm³/mol. The molecular weight excluding hydrogens is 310 g/mol. The summed E-state index contributed by atoms with van der Waals surface area (Å²) in [5, 5.41) is 11.8. The van der Waals surface area contributed by atoms with Crippen LogP contribution in [0.2, 0.25) is 0 Å². The average Bonchev–Trinajstić information content (AvgIpc) is 2.94. The van der Waals surface area contributed by atoms with Crippen LogP contribution in [0.15, 0.2) is 65.7 Å². The molecule has 0 aromatic heterocycles. The first-order valence-corrected chi connectivity index (χ1v) is 8.51. The van der Waals surface area contributed by atoms with Crippen LogP contribution in [0.5, 0.6) is 0 Å². The van der Waals surface area contributed by atoms with Gasteiger partial charge in [0.2, 0.25) is 5.90 Å². The van der Waals surface area contributed by atoms with E-state index in [0.29, 0.717) is 18.1 Å². The third kappa shape index (κ3) is 3.24. The lowest BCUT2D eigenvalue weighted by atomic mass is 9.80. The van der Waals surface area contributed by atoms with Crippen LogP contribution in [0.1, 0.15) is 36.1 Å². The maximum atomic E-state index is 11.8. The molecule has 0 aliphatic carbocycles. The molecule has 0 unspecified atom stereocenters. The maximum absolute atomic E-state index is 11.8. The van der Waals surface area contributed by atoms with Crippen molar-refractivity contribution in [1.29, 1.82) is 0 Å². The minimum absolute atomic E-state index is 0.306. The molecule has 0 saturated carbocycles. The summed E-state index contributed by atoms with van der Waals surface area (Å²) in [5.74, 6) is 0.425. The molecule has 0 atom stereocenters. The van der Waals surface area contributed by atoms with Gasteiger partial charge in [0.1, 0.15) is 12.2 Å². The van der Waals surface area contributed by atoms with Gasteiger partial charge < -0.3 is 9.84 Å². The van der Waals surface area contributed by atoms with Crippen molar-refractivity contribution in [3.05, 3.63) is 82.9 Å². The van der Waals surface area contributed by atoms with Gasteiger partial charge in [-0.25, -0.2) is 4.99 Å².